The molecule has 2 aromatic carbocycles. The first kappa shape index (κ1) is 13.0. The molecule has 0 aliphatic rings. The van der Waals surface area contributed by atoms with E-state index < -0.39 is 5.97 Å². The molecule has 4 heteroatoms. The SMILES string of the molecule is Cc1ccc(CNc2ccc(C(=O)O)cc2N)cc1. The molecule has 4 N–H and O–H groups in total. The number of nitrogen functional groups attached to an aromatic ring is 1. The highest BCUT2D eigenvalue weighted by Gasteiger charge is 2.05. The van der Waals surface area contributed by atoms with Crippen LogP contribution >= 0.6 is 0 Å². The molecular formula is C15H16N2O2. The van der Waals surface area contributed by atoms with Crippen LogP contribution in [0.4, 0.5) is 11.4 Å². The standard InChI is InChI=1S/C15H16N2O2/c1-10-2-4-11(5-3-10)9-17-14-7-6-12(15(18)19)8-13(14)16/h2-8,17H,9,16H2,1H3,(H,18,19). The topological polar surface area (TPSA) is 75.3 Å². The van der Waals surface area contributed by atoms with Gasteiger partial charge >= 0.3 is 5.97 Å². The maximum atomic E-state index is 10.8. The number of carboxylic acids is 1. The van der Waals surface area contributed by atoms with Gasteiger partial charge in [-0.25, -0.2) is 4.79 Å². The van der Waals surface area contributed by atoms with Crippen molar-refractivity contribution < 1.29 is 9.90 Å². The zero-order chi connectivity index (χ0) is 13.8. The second-order valence-corrected chi connectivity index (χ2v) is 4.45. The van der Waals surface area contributed by atoms with Gasteiger partial charge in [0.25, 0.3) is 0 Å². The Labute approximate surface area is 111 Å². The monoisotopic (exact) mass is 256 g/mol. The van der Waals surface area contributed by atoms with Gasteiger partial charge in [0.05, 0.1) is 16.9 Å². The van der Waals surface area contributed by atoms with Gasteiger partial charge < -0.3 is 16.2 Å². The Kier molecular flexibility index (Phi) is 3.71. The lowest BCUT2D eigenvalue weighted by Gasteiger charge is -2.10. The molecule has 0 spiro atoms. The van der Waals surface area contributed by atoms with Gasteiger partial charge in [0, 0.05) is 6.54 Å². The number of aromatic carboxylic acids is 1. The van der Waals surface area contributed by atoms with Crippen molar-refractivity contribution in [2.45, 2.75) is 13.5 Å². The van der Waals surface area contributed by atoms with Crippen molar-refractivity contribution in [3.05, 3.63) is 59.2 Å². The Morgan fingerprint density at radius 3 is 2.47 bits per heavy atom. The van der Waals surface area contributed by atoms with Gasteiger partial charge in [-0.3, -0.25) is 0 Å². The highest BCUT2D eigenvalue weighted by molar-refractivity contribution is 5.90. The summed E-state index contributed by atoms with van der Waals surface area (Å²) in [4.78, 5) is 10.8. The molecule has 2 aromatic rings. The lowest BCUT2D eigenvalue weighted by molar-refractivity contribution is 0.0697. The summed E-state index contributed by atoms with van der Waals surface area (Å²) >= 11 is 0. The molecule has 0 fully saturated rings. The maximum Gasteiger partial charge on any atom is 0.335 e. The summed E-state index contributed by atoms with van der Waals surface area (Å²) in [7, 11) is 0. The van der Waals surface area contributed by atoms with Crippen LogP contribution in [0.15, 0.2) is 42.5 Å². The van der Waals surface area contributed by atoms with Gasteiger partial charge in [-0.05, 0) is 30.7 Å². The first-order chi connectivity index (χ1) is 9.06. The second kappa shape index (κ2) is 5.44. The van der Waals surface area contributed by atoms with Crippen LogP contribution in [0.25, 0.3) is 0 Å². The van der Waals surface area contributed by atoms with Crippen molar-refractivity contribution >= 4 is 17.3 Å². The van der Waals surface area contributed by atoms with Crippen LogP contribution in [0.3, 0.4) is 0 Å². The number of anilines is 2. The summed E-state index contributed by atoms with van der Waals surface area (Å²) in [6.45, 7) is 2.69. The average molecular weight is 256 g/mol. The molecule has 98 valence electrons. The van der Waals surface area contributed by atoms with Crippen molar-refractivity contribution in [3.63, 3.8) is 0 Å². The van der Waals surface area contributed by atoms with E-state index in [1.807, 2.05) is 31.2 Å². The normalized spacial score (nSPS) is 10.2. The molecule has 0 bridgehead atoms. The van der Waals surface area contributed by atoms with Crippen LogP contribution in [-0.4, -0.2) is 11.1 Å². The minimum atomic E-state index is -0.975. The van der Waals surface area contributed by atoms with E-state index in [1.165, 1.54) is 17.7 Å². The maximum absolute atomic E-state index is 10.8. The van der Waals surface area contributed by atoms with Crippen LogP contribution < -0.4 is 11.1 Å². The lowest BCUT2D eigenvalue weighted by atomic mass is 10.1. The number of benzene rings is 2. The number of carboxylic acid groups (broad SMARTS) is 1. The van der Waals surface area contributed by atoms with Gasteiger partial charge in [0.15, 0.2) is 0 Å². The van der Waals surface area contributed by atoms with Crippen molar-refractivity contribution in [3.8, 4) is 0 Å². The molecule has 0 amide bonds. The van der Waals surface area contributed by atoms with Gasteiger partial charge in [0.1, 0.15) is 0 Å². The van der Waals surface area contributed by atoms with Crippen molar-refractivity contribution in [1.29, 1.82) is 0 Å². The summed E-state index contributed by atoms with van der Waals surface area (Å²) < 4.78 is 0. The molecule has 0 radical (unpaired) electrons. The molecule has 0 atom stereocenters. The number of nitrogens with one attached hydrogen (secondary N) is 1. The van der Waals surface area contributed by atoms with Gasteiger partial charge in [-0.15, -0.1) is 0 Å². The number of nitrogens with two attached hydrogens (primary N) is 1. The van der Waals surface area contributed by atoms with E-state index >= 15 is 0 Å². The summed E-state index contributed by atoms with van der Waals surface area (Å²) in [5, 5.41) is 12.1. The van der Waals surface area contributed by atoms with Crippen molar-refractivity contribution in [2.75, 3.05) is 11.1 Å². The van der Waals surface area contributed by atoms with Crippen LogP contribution in [-0.2, 0) is 6.54 Å². The zero-order valence-electron chi connectivity index (χ0n) is 10.7. The molecule has 0 aromatic heterocycles. The first-order valence-corrected chi connectivity index (χ1v) is 5.98. The molecule has 0 aliphatic carbocycles. The molecule has 0 aliphatic heterocycles. The summed E-state index contributed by atoms with van der Waals surface area (Å²) in [6, 6.07) is 12.9. The quantitative estimate of drug-likeness (QED) is 0.735. The van der Waals surface area contributed by atoms with Gasteiger partial charge in [-0.1, -0.05) is 29.8 Å². The minimum Gasteiger partial charge on any atom is -0.478 e. The van der Waals surface area contributed by atoms with E-state index in [0.29, 0.717) is 12.2 Å². The molecule has 19 heavy (non-hydrogen) atoms. The number of hydrogen-bond donors (Lipinski definition) is 3. The Morgan fingerprint density at radius 2 is 1.89 bits per heavy atom. The van der Waals surface area contributed by atoms with E-state index in [2.05, 4.69) is 5.32 Å². The third-order valence-electron chi connectivity index (χ3n) is 2.90. The summed E-state index contributed by atoms with van der Waals surface area (Å²) in [5.41, 5.74) is 9.56. The van der Waals surface area contributed by atoms with Crippen LogP contribution in [0, 0.1) is 6.92 Å². The largest absolute Gasteiger partial charge is 0.478 e. The first-order valence-electron chi connectivity index (χ1n) is 5.98. The predicted molar refractivity (Wildman–Crippen MR) is 76.3 cm³/mol. The summed E-state index contributed by atoms with van der Waals surface area (Å²) in [6.07, 6.45) is 0. The lowest BCUT2D eigenvalue weighted by Crippen LogP contribution is -2.04. The number of rotatable bonds is 4. The fourth-order valence-corrected chi connectivity index (χ4v) is 1.76. The number of aryl methyl sites for hydroxylation is 1. The van der Waals surface area contributed by atoms with Crippen LogP contribution in [0.1, 0.15) is 21.5 Å². The molecular weight excluding hydrogens is 240 g/mol. The van der Waals surface area contributed by atoms with E-state index in [4.69, 9.17) is 10.8 Å². The Balaban J connectivity index is 2.07. The van der Waals surface area contributed by atoms with Crippen LogP contribution in [0.5, 0.6) is 0 Å². The molecule has 0 saturated heterocycles. The average Bonchev–Trinajstić information content (AvgIpc) is 2.39. The highest BCUT2D eigenvalue weighted by atomic mass is 16.4. The molecule has 4 nitrogen and oxygen atoms in total. The molecule has 2 rings (SSSR count). The van der Waals surface area contributed by atoms with E-state index in [-0.39, 0.29) is 5.56 Å². The van der Waals surface area contributed by atoms with Crippen LogP contribution in [0.2, 0.25) is 0 Å². The zero-order valence-corrected chi connectivity index (χ0v) is 10.7. The second-order valence-electron chi connectivity index (χ2n) is 4.45. The van der Waals surface area contributed by atoms with Crippen molar-refractivity contribution in [1.82, 2.24) is 0 Å². The summed E-state index contributed by atoms with van der Waals surface area (Å²) in [5.74, 6) is -0.975. The molecule has 0 saturated carbocycles. The highest BCUT2D eigenvalue weighted by Crippen LogP contribution is 2.20. The minimum absolute atomic E-state index is 0.193. The number of hydrogen-bond acceptors (Lipinski definition) is 3. The van der Waals surface area contributed by atoms with Crippen molar-refractivity contribution in [2.24, 2.45) is 0 Å². The van der Waals surface area contributed by atoms with Gasteiger partial charge in [0.2, 0.25) is 0 Å². The molecule has 0 unspecified atom stereocenters. The Hall–Kier alpha value is -2.49. The predicted octanol–water partition coefficient (Wildman–Crippen LogP) is 2.89. The smallest absolute Gasteiger partial charge is 0.335 e. The molecule has 0 heterocycles. The number of carbonyl (C=O) groups is 1. The Morgan fingerprint density at radius 1 is 1.21 bits per heavy atom. The van der Waals surface area contributed by atoms with E-state index in [9.17, 15) is 4.79 Å². The third-order valence-corrected chi connectivity index (χ3v) is 2.90. The fourth-order valence-electron chi connectivity index (χ4n) is 1.76. The van der Waals surface area contributed by atoms with E-state index in [1.54, 1.807) is 6.07 Å². The van der Waals surface area contributed by atoms with Gasteiger partial charge in [-0.2, -0.15) is 0 Å². The Bertz CT molecular complexity index is 592. The fraction of sp³-hybridized carbons (Fsp3) is 0.133. The van der Waals surface area contributed by atoms with E-state index in [0.717, 1.165) is 11.3 Å². The third kappa shape index (κ3) is 3.25.